The monoisotopic (exact) mass is 408 g/mol. The number of aromatic nitrogens is 2. The van der Waals surface area contributed by atoms with Gasteiger partial charge in [0.05, 0.1) is 11.3 Å². The Balaban J connectivity index is 1.88. The van der Waals surface area contributed by atoms with Crippen molar-refractivity contribution in [1.82, 2.24) is 9.55 Å². The zero-order valence-corrected chi connectivity index (χ0v) is 17.0. The van der Waals surface area contributed by atoms with E-state index < -0.39 is 17.6 Å². The number of halogens is 1. The van der Waals surface area contributed by atoms with E-state index in [1.54, 1.807) is 46.0 Å². The van der Waals surface area contributed by atoms with Crippen LogP contribution in [0.3, 0.4) is 0 Å². The van der Waals surface area contributed by atoms with Crippen LogP contribution >= 0.6 is 0 Å². The van der Waals surface area contributed by atoms with E-state index in [2.05, 4.69) is 15.6 Å². The molecule has 2 heterocycles. The van der Waals surface area contributed by atoms with Gasteiger partial charge in [-0.2, -0.15) is 0 Å². The molecule has 3 aromatic rings. The van der Waals surface area contributed by atoms with Crippen molar-refractivity contribution < 1.29 is 18.8 Å². The molecule has 0 spiro atoms. The first kappa shape index (κ1) is 20.9. The maximum atomic E-state index is 13.5. The Morgan fingerprint density at radius 2 is 1.77 bits per heavy atom. The second-order valence-electron chi connectivity index (χ2n) is 6.91. The van der Waals surface area contributed by atoms with Gasteiger partial charge in [-0.3, -0.25) is 14.4 Å². The van der Waals surface area contributed by atoms with Crippen molar-refractivity contribution in [1.29, 1.82) is 0 Å². The van der Waals surface area contributed by atoms with Crippen LogP contribution in [0.2, 0.25) is 0 Å². The summed E-state index contributed by atoms with van der Waals surface area (Å²) in [5.41, 5.74) is 2.14. The summed E-state index contributed by atoms with van der Waals surface area (Å²) >= 11 is 0. The molecule has 8 heteroatoms. The minimum atomic E-state index is -0.849. The maximum absolute atomic E-state index is 13.5. The van der Waals surface area contributed by atoms with Crippen LogP contribution in [0.15, 0.2) is 42.6 Å². The number of nitrogens with one attached hydrogen (secondary N) is 2. The minimum absolute atomic E-state index is 0.112. The normalized spacial score (nSPS) is 10.6. The summed E-state index contributed by atoms with van der Waals surface area (Å²) in [6.45, 7) is 4.89. The second-order valence-corrected chi connectivity index (χ2v) is 6.91. The van der Waals surface area contributed by atoms with Crippen molar-refractivity contribution in [3.63, 3.8) is 0 Å². The Labute approximate surface area is 172 Å². The van der Waals surface area contributed by atoms with E-state index >= 15 is 0 Å². The van der Waals surface area contributed by atoms with Crippen LogP contribution in [-0.4, -0.2) is 27.1 Å². The molecule has 2 aromatic heterocycles. The molecule has 3 rings (SSSR count). The number of carbonyl (C=O) groups excluding carboxylic acids is 3. The summed E-state index contributed by atoms with van der Waals surface area (Å²) < 4.78 is 15.0. The van der Waals surface area contributed by atoms with Crippen molar-refractivity contribution in [3.05, 3.63) is 76.5 Å². The highest BCUT2D eigenvalue weighted by Crippen LogP contribution is 2.24. The summed E-state index contributed by atoms with van der Waals surface area (Å²) in [5, 5.41) is 5.17. The number of pyridine rings is 1. The average molecular weight is 408 g/mol. The summed E-state index contributed by atoms with van der Waals surface area (Å²) in [6.07, 6.45) is 1.50. The maximum Gasteiger partial charge on any atom is 0.299 e. The van der Waals surface area contributed by atoms with E-state index in [-0.39, 0.29) is 22.9 Å². The number of rotatable bonds is 5. The highest BCUT2D eigenvalue weighted by atomic mass is 19.1. The molecule has 0 atom stereocenters. The number of carbonyl (C=O) groups is 3. The van der Waals surface area contributed by atoms with Crippen LogP contribution in [0.1, 0.15) is 37.7 Å². The van der Waals surface area contributed by atoms with Gasteiger partial charge in [-0.1, -0.05) is 6.07 Å². The average Bonchev–Trinajstić information content (AvgIpc) is 2.93. The van der Waals surface area contributed by atoms with Gasteiger partial charge in [0, 0.05) is 24.6 Å². The molecule has 0 unspecified atom stereocenters. The third kappa shape index (κ3) is 3.98. The molecule has 0 fully saturated rings. The molecule has 0 aliphatic rings. The van der Waals surface area contributed by atoms with E-state index in [1.807, 2.05) is 0 Å². The SMILES string of the molecule is Cc1cc(NC(=O)c2c(C)c(C(=O)C(=O)Nc3ccccn3)n(C)c2C)ccc1F. The van der Waals surface area contributed by atoms with Gasteiger partial charge >= 0.3 is 0 Å². The van der Waals surface area contributed by atoms with E-state index in [4.69, 9.17) is 0 Å². The number of benzene rings is 1. The standard InChI is InChI=1S/C22H21FN4O3/c1-12-11-15(8-9-16(12)23)25-21(29)18-13(2)19(27(4)14(18)3)20(28)22(30)26-17-7-5-6-10-24-17/h5-11H,1-4H3,(H,25,29)(H,24,26,30). The third-order valence-electron chi connectivity index (χ3n) is 4.90. The molecule has 154 valence electrons. The predicted molar refractivity (Wildman–Crippen MR) is 111 cm³/mol. The Morgan fingerprint density at radius 3 is 2.40 bits per heavy atom. The quantitative estimate of drug-likeness (QED) is 0.499. The predicted octanol–water partition coefficient (Wildman–Crippen LogP) is 3.56. The summed E-state index contributed by atoms with van der Waals surface area (Å²) in [6, 6.07) is 9.19. The first-order chi connectivity index (χ1) is 14.2. The molecule has 2 N–H and O–H groups in total. The van der Waals surface area contributed by atoms with Gasteiger partial charge < -0.3 is 15.2 Å². The molecule has 7 nitrogen and oxygen atoms in total. The zero-order chi connectivity index (χ0) is 22.0. The molecule has 30 heavy (non-hydrogen) atoms. The molecule has 0 bridgehead atoms. The van der Waals surface area contributed by atoms with Crippen molar-refractivity contribution in [2.45, 2.75) is 20.8 Å². The van der Waals surface area contributed by atoms with Gasteiger partial charge in [0.2, 0.25) is 0 Å². The van der Waals surface area contributed by atoms with Crippen LogP contribution in [0, 0.1) is 26.6 Å². The third-order valence-corrected chi connectivity index (χ3v) is 4.90. The lowest BCUT2D eigenvalue weighted by atomic mass is 10.1. The lowest BCUT2D eigenvalue weighted by Crippen LogP contribution is -2.26. The van der Waals surface area contributed by atoms with Crippen LogP contribution in [0.5, 0.6) is 0 Å². The van der Waals surface area contributed by atoms with Gasteiger partial charge in [0.15, 0.2) is 0 Å². The minimum Gasteiger partial charge on any atom is -0.344 e. The molecule has 0 saturated heterocycles. The Bertz CT molecular complexity index is 1150. The lowest BCUT2D eigenvalue weighted by Gasteiger charge is -2.07. The molecule has 1 aromatic carbocycles. The van der Waals surface area contributed by atoms with Gasteiger partial charge in [0.1, 0.15) is 11.6 Å². The molecule has 0 radical (unpaired) electrons. The van der Waals surface area contributed by atoms with E-state index in [0.29, 0.717) is 22.5 Å². The van der Waals surface area contributed by atoms with E-state index in [9.17, 15) is 18.8 Å². The number of anilines is 2. The number of hydrogen-bond donors (Lipinski definition) is 2. The van der Waals surface area contributed by atoms with Gasteiger partial charge in [0.25, 0.3) is 17.6 Å². The summed E-state index contributed by atoms with van der Waals surface area (Å²) in [4.78, 5) is 42.0. The Kier molecular flexibility index (Phi) is 5.77. The van der Waals surface area contributed by atoms with E-state index in [1.165, 1.54) is 29.0 Å². The van der Waals surface area contributed by atoms with Crippen LogP contribution in [-0.2, 0) is 11.8 Å². The number of ketones is 1. The second kappa shape index (κ2) is 8.28. The Hall–Kier alpha value is -3.81. The lowest BCUT2D eigenvalue weighted by molar-refractivity contribution is -0.112. The highest BCUT2D eigenvalue weighted by molar-refractivity contribution is 6.46. The highest BCUT2D eigenvalue weighted by Gasteiger charge is 2.28. The smallest absolute Gasteiger partial charge is 0.299 e. The van der Waals surface area contributed by atoms with Crippen LogP contribution in [0.4, 0.5) is 15.9 Å². The Morgan fingerprint density at radius 1 is 1.03 bits per heavy atom. The molecule has 0 aliphatic heterocycles. The number of nitrogens with zero attached hydrogens (tertiary/aromatic N) is 2. The van der Waals surface area contributed by atoms with Crippen molar-refractivity contribution in [2.75, 3.05) is 10.6 Å². The van der Waals surface area contributed by atoms with Gasteiger partial charge in [-0.05, 0) is 62.2 Å². The molecular weight excluding hydrogens is 387 g/mol. The fourth-order valence-corrected chi connectivity index (χ4v) is 3.27. The summed E-state index contributed by atoms with van der Waals surface area (Å²) in [5.74, 6) is -2.19. The number of Topliss-reactive ketones (excluding diaryl/α,β-unsaturated/α-hetero) is 1. The topological polar surface area (TPSA) is 93.1 Å². The van der Waals surface area contributed by atoms with Crippen LogP contribution < -0.4 is 10.6 Å². The molecule has 0 saturated carbocycles. The fraction of sp³-hybridized carbons (Fsp3) is 0.182. The van der Waals surface area contributed by atoms with Crippen molar-refractivity contribution >= 4 is 29.1 Å². The summed E-state index contributed by atoms with van der Waals surface area (Å²) in [7, 11) is 1.61. The van der Waals surface area contributed by atoms with Gasteiger partial charge in [-0.25, -0.2) is 9.37 Å². The number of hydrogen-bond acceptors (Lipinski definition) is 4. The first-order valence-corrected chi connectivity index (χ1v) is 9.20. The molecular formula is C22H21FN4O3. The number of aryl methyl sites for hydroxylation is 1. The van der Waals surface area contributed by atoms with Crippen molar-refractivity contribution in [2.24, 2.45) is 7.05 Å². The fourth-order valence-electron chi connectivity index (χ4n) is 3.27. The molecule has 0 aliphatic carbocycles. The number of amides is 2. The first-order valence-electron chi connectivity index (χ1n) is 9.20. The van der Waals surface area contributed by atoms with Gasteiger partial charge in [-0.15, -0.1) is 0 Å². The van der Waals surface area contributed by atoms with Crippen LogP contribution in [0.25, 0.3) is 0 Å². The molecule has 2 amide bonds. The largest absolute Gasteiger partial charge is 0.344 e. The van der Waals surface area contributed by atoms with Crippen molar-refractivity contribution in [3.8, 4) is 0 Å². The zero-order valence-electron chi connectivity index (χ0n) is 17.0. The van der Waals surface area contributed by atoms with E-state index in [0.717, 1.165) is 0 Å².